The highest BCUT2D eigenvalue weighted by atomic mass is 32.2. The van der Waals surface area contributed by atoms with Crippen LogP contribution in [0.4, 0.5) is 11.4 Å². The van der Waals surface area contributed by atoms with Gasteiger partial charge in [0.15, 0.2) is 6.29 Å². The molecule has 4 rings (SSSR count). The molecule has 0 spiro atoms. The molecule has 1 aliphatic heterocycles. The van der Waals surface area contributed by atoms with Gasteiger partial charge in [0.05, 0.1) is 18.8 Å². The molecule has 240 valence electrons. The molecule has 3 aromatic carbocycles. The Morgan fingerprint density at radius 2 is 1.53 bits per heavy atom. The van der Waals surface area contributed by atoms with Gasteiger partial charge in [-0.05, 0) is 60.4 Å². The molecule has 10 nitrogen and oxygen atoms in total. The van der Waals surface area contributed by atoms with Gasteiger partial charge in [-0.15, -0.1) is 11.8 Å². The fourth-order valence-electron chi connectivity index (χ4n) is 5.02. The summed E-state index contributed by atoms with van der Waals surface area (Å²) in [6, 6.07) is 22.9. The van der Waals surface area contributed by atoms with E-state index in [1.165, 1.54) is 6.92 Å². The van der Waals surface area contributed by atoms with Crippen LogP contribution < -0.4 is 16.1 Å². The molecular formula is C34H41N3O7S. The summed E-state index contributed by atoms with van der Waals surface area (Å²) >= 11 is 1.67. The zero-order valence-corrected chi connectivity index (χ0v) is 26.2. The zero-order chi connectivity index (χ0) is 32.0. The van der Waals surface area contributed by atoms with E-state index in [0.717, 1.165) is 40.1 Å². The molecule has 1 aliphatic rings. The van der Waals surface area contributed by atoms with Crippen LogP contribution in [0.2, 0.25) is 0 Å². The Morgan fingerprint density at radius 1 is 0.822 bits per heavy atom. The van der Waals surface area contributed by atoms with E-state index in [2.05, 4.69) is 10.6 Å². The first-order chi connectivity index (χ1) is 21.8. The van der Waals surface area contributed by atoms with Gasteiger partial charge >= 0.3 is 0 Å². The fraction of sp³-hybridized carbons (Fsp3) is 0.382. The largest absolute Gasteiger partial charge is 0.392 e. The molecule has 0 aromatic heterocycles. The lowest BCUT2D eigenvalue weighted by molar-refractivity contribution is -0.245. The maximum atomic E-state index is 12.6. The highest BCUT2D eigenvalue weighted by molar-refractivity contribution is 7.99. The number of hydrogen-bond donors (Lipinski definition) is 5. The van der Waals surface area contributed by atoms with Crippen molar-refractivity contribution in [2.24, 2.45) is 0 Å². The number of nitrogens with one attached hydrogen (secondary N) is 3. The van der Waals surface area contributed by atoms with Crippen LogP contribution >= 0.6 is 11.8 Å². The second-order valence-electron chi connectivity index (χ2n) is 11.0. The van der Waals surface area contributed by atoms with Crippen molar-refractivity contribution in [1.29, 1.82) is 0 Å². The number of hydroxylamine groups is 1. The number of carbonyl (C=O) groups excluding carboxylic acids is 3. The lowest BCUT2D eigenvalue weighted by Crippen LogP contribution is -2.31. The number of ether oxygens (including phenoxy) is 2. The summed E-state index contributed by atoms with van der Waals surface area (Å²) < 4.78 is 12.9. The van der Waals surface area contributed by atoms with Crippen molar-refractivity contribution in [2.75, 3.05) is 16.4 Å². The van der Waals surface area contributed by atoms with Gasteiger partial charge < -0.3 is 25.2 Å². The SMILES string of the molecule is CC(=O)Nc1ccc(SCC2CC(c3ccc(CO)cc3)OC(c3cccc(NC(=O)CCCCCCC(=O)NO)c3)O2)cc1. The summed E-state index contributed by atoms with van der Waals surface area (Å²) in [7, 11) is 0. The van der Waals surface area contributed by atoms with Crippen molar-refractivity contribution < 1.29 is 34.2 Å². The van der Waals surface area contributed by atoms with E-state index in [1.807, 2.05) is 72.8 Å². The predicted molar refractivity (Wildman–Crippen MR) is 173 cm³/mol. The van der Waals surface area contributed by atoms with Gasteiger partial charge in [0.1, 0.15) is 0 Å². The minimum Gasteiger partial charge on any atom is -0.392 e. The monoisotopic (exact) mass is 635 g/mol. The smallest absolute Gasteiger partial charge is 0.243 e. The van der Waals surface area contributed by atoms with Gasteiger partial charge in [-0.25, -0.2) is 5.48 Å². The summed E-state index contributed by atoms with van der Waals surface area (Å²) in [4.78, 5) is 36.1. The second-order valence-corrected chi connectivity index (χ2v) is 12.1. The third-order valence-corrected chi connectivity index (χ3v) is 8.49. The molecule has 0 saturated carbocycles. The standard InChI is InChI=1S/C34H41N3O7S/c1-23(39)35-27-15-17-30(18-16-27)45-22-29-20-31(25-13-11-24(21-38)12-14-25)44-34(43-29)26-7-6-8-28(19-26)36-32(40)9-4-2-3-5-10-33(41)37-42/h6-8,11-19,29,31,34,38,42H,2-5,9-10,20-22H2,1H3,(H,35,39)(H,36,40)(H,37,41). The van der Waals surface area contributed by atoms with E-state index in [9.17, 15) is 19.5 Å². The van der Waals surface area contributed by atoms with Crippen LogP contribution in [-0.4, -0.2) is 39.9 Å². The van der Waals surface area contributed by atoms with Gasteiger partial charge in [-0.3, -0.25) is 19.6 Å². The van der Waals surface area contributed by atoms with E-state index >= 15 is 0 Å². The fourth-order valence-corrected chi connectivity index (χ4v) is 5.94. The highest BCUT2D eigenvalue weighted by Crippen LogP contribution is 2.40. The molecule has 5 N–H and O–H groups in total. The summed E-state index contributed by atoms with van der Waals surface area (Å²) in [5.74, 6) is 0.0827. The molecule has 3 atom stereocenters. The summed E-state index contributed by atoms with van der Waals surface area (Å²) in [6.07, 6.45) is 3.25. The van der Waals surface area contributed by atoms with Crippen LogP contribution in [0.15, 0.2) is 77.7 Å². The van der Waals surface area contributed by atoms with Gasteiger partial charge in [0.2, 0.25) is 17.7 Å². The topological polar surface area (TPSA) is 146 Å². The molecule has 1 saturated heterocycles. The molecule has 0 bridgehead atoms. The highest BCUT2D eigenvalue weighted by Gasteiger charge is 2.32. The lowest BCUT2D eigenvalue weighted by Gasteiger charge is -2.36. The minimum absolute atomic E-state index is 0.0284. The Kier molecular flexibility index (Phi) is 13.4. The predicted octanol–water partition coefficient (Wildman–Crippen LogP) is 6.26. The number of unbranched alkanes of at least 4 members (excludes halogenated alkanes) is 3. The van der Waals surface area contributed by atoms with Crippen molar-refractivity contribution >= 4 is 40.9 Å². The van der Waals surface area contributed by atoms with E-state index in [0.29, 0.717) is 37.1 Å². The molecule has 0 aliphatic carbocycles. The maximum absolute atomic E-state index is 12.6. The Bertz CT molecular complexity index is 1400. The number of aliphatic hydroxyl groups is 1. The van der Waals surface area contributed by atoms with Crippen LogP contribution in [0.5, 0.6) is 0 Å². The van der Waals surface area contributed by atoms with Crippen molar-refractivity contribution in [3.05, 3.63) is 89.5 Å². The van der Waals surface area contributed by atoms with Crippen LogP contribution in [0.25, 0.3) is 0 Å². The molecule has 1 heterocycles. The van der Waals surface area contributed by atoms with E-state index in [-0.39, 0.29) is 37.0 Å². The van der Waals surface area contributed by atoms with Crippen LogP contribution in [-0.2, 0) is 30.5 Å². The minimum atomic E-state index is -0.651. The van der Waals surface area contributed by atoms with E-state index in [4.69, 9.17) is 14.7 Å². The van der Waals surface area contributed by atoms with E-state index in [1.54, 1.807) is 17.2 Å². The maximum Gasteiger partial charge on any atom is 0.243 e. The van der Waals surface area contributed by atoms with Crippen molar-refractivity contribution in [3.8, 4) is 0 Å². The number of anilines is 2. The third kappa shape index (κ3) is 11.3. The average molecular weight is 636 g/mol. The van der Waals surface area contributed by atoms with Gasteiger partial charge in [-0.1, -0.05) is 49.2 Å². The summed E-state index contributed by atoms with van der Waals surface area (Å²) in [5.41, 5.74) is 5.65. The molecule has 3 aromatic rings. The van der Waals surface area contributed by atoms with Crippen molar-refractivity contribution in [2.45, 2.75) is 81.9 Å². The summed E-state index contributed by atoms with van der Waals surface area (Å²) in [6.45, 7) is 1.45. The normalized spacial score (nSPS) is 17.8. The molecular weight excluding hydrogens is 594 g/mol. The first-order valence-corrected chi connectivity index (χ1v) is 16.2. The van der Waals surface area contributed by atoms with Crippen molar-refractivity contribution in [3.63, 3.8) is 0 Å². The number of amides is 3. The number of thioether (sulfide) groups is 1. The first-order valence-electron chi connectivity index (χ1n) is 15.2. The van der Waals surface area contributed by atoms with Crippen LogP contribution in [0.1, 0.15) is 81.0 Å². The Hall–Kier alpha value is -3.74. The quantitative estimate of drug-likeness (QED) is 0.0569. The number of aliphatic hydroxyl groups excluding tert-OH is 1. The molecule has 3 unspecified atom stereocenters. The van der Waals surface area contributed by atoms with Crippen LogP contribution in [0, 0.1) is 0 Å². The third-order valence-electron chi connectivity index (χ3n) is 7.35. The lowest BCUT2D eigenvalue weighted by atomic mass is 10.0. The zero-order valence-electron chi connectivity index (χ0n) is 25.4. The van der Waals surface area contributed by atoms with Crippen molar-refractivity contribution in [1.82, 2.24) is 5.48 Å². The second kappa shape index (κ2) is 17.7. The van der Waals surface area contributed by atoms with Gasteiger partial charge in [0.25, 0.3) is 0 Å². The molecule has 3 amide bonds. The number of rotatable bonds is 15. The summed E-state index contributed by atoms with van der Waals surface area (Å²) in [5, 5.41) is 23.8. The van der Waals surface area contributed by atoms with Crippen LogP contribution in [0.3, 0.4) is 0 Å². The van der Waals surface area contributed by atoms with E-state index < -0.39 is 12.2 Å². The average Bonchev–Trinajstić information content (AvgIpc) is 3.05. The number of hydrogen-bond acceptors (Lipinski definition) is 8. The number of carbonyl (C=O) groups is 3. The van der Waals surface area contributed by atoms with Gasteiger partial charge in [0, 0.05) is 53.8 Å². The van der Waals surface area contributed by atoms with Gasteiger partial charge in [-0.2, -0.15) is 0 Å². The Balaban J connectivity index is 1.38. The number of benzene rings is 3. The Morgan fingerprint density at radius 3 is 2.20 bits per heavy atom. The molecule has 1 fully saturated rings. The first kappa shape index (κ1) is 34.1. The molecule has 45 heavy (non-hydrogen) atoms. The Labute approximate surface area is 267 Å². The molecule has 0 radical (unpaired) electrons. The molecule has 11 heteroatoms.